The Morgan fingerprint density at radius 2 is 1.53 bits per heavy atom. The Labute approximate surface area is 184 Å². The van der Waals surface area contributed by atoms with Crippen LogP contribution >= 0.6 is 23.2 Å². The normalized spacial score (nSPS) is 11.4. The highest BCUT2D eigenvalue weighted by atomic mass is 35.5. The van der Waals surface area contributed by atoms with E-state index in [4.69, 9.17) is 28.6 Å². The van der Waals surface area contributed by atoms with Crippen molar-refractivity contribution in [2.75, 3.05) is 0 Å². The Hall–Kier alpha value is -3.15. The minimum Gasteiger partial charge on any atom is -0.336 e. The van der Waals surface area contributed by atoms with Gasteiger partial charge in [0.1, 0.15) is 11.9 Å². The second-order valence-corrected chi connectivity index (χ2v) is 7.49. The summed E-state index contributed by atoms with van der Waals surface area (Å²) >= 11 is 11.9. The molecule has 0 fully saturated rings. The van der Waals surface area contributed by atoms with Crippen molar-refractivity contribution in [3.8, 4) is 0 Å². The first-order chi connectivity index (χ1) is 14.3. The van der Waals surface area contributed by atoms with Crippen LogP contribution in [0.2, 0.25) is 10.0 Å². The molecule has 5 nitrogen and oxygen atoms in total. The Balaban J connectivity index is 1.85. The average molecular weight is 440 g/mol. The monoisotopic (exact) mass is 439 g/mol. The highest BCUT2D eigenvalue weighted by Crippen LogP contribution is 2.23. The molecule has 3 N–H and O–H groups in total. The van der Waals surface area contributed by atoms with Gasteiger partial charge >= 0.3 is 0 Å². The van der Waals surface area contributed by atoms with E-state index in [0.29, 0.717) is 16.1 Å². The maximum Gasteiger partial charge on any atom is 0.252 e. The Kier molecular flexibility index (Phi) is 6.87. The first kappa shape index (κ1) is 21.6. The van der Waals surface area contributed by atoms with E-state index in [9.17, 15) is 9.59 Å². The lowest BCUT2D eigenvalue weighted by Gasteiger charge is -2.20. The van der Waals surface area contributed by atoms with Crippen LogP contribution in [0.1, 0.15) is 33.1 Å². The number of nitrogens with one attached hydrogen (secondary N) is 3. The summed E-state index contributed by atoms with van der Waals surface area (Å²) in [5.74, 6) is -1.07. The van der Waals surface area contributed by atoms with Crippen LogP contribution in [-0.4, -0.2) is 17.6 Å². The molecule has 152 valence electrons. The molecule has 0 saturated heterocycles. The lowest BCUT2D eigenvalue weighted by atomic mass is 10.0. The lowest BCUT2D eigenvalue weighted by molar-refractivity contribution is -0.121. The smallest absolute Gasteiger partial charge is 0.252 e. The molecule has 7 heteroatoms. The molecule has 2 amide bonds. The van der Waals surface area contributed by atoms with Crippen molar-refractivity contribution in [3.63, 3.8) is 0 Å². The summed E-state index contributed by atoms with van der Waals surface area (Å²) in [6.07, 6.45) is 0. The quantitative estimate of drug-likeness (QED) is 0.389. The van der Waals surface area contributed by atoms with Crippen molar-refractivity contribution < 1.29 is 9.59 Å². The predicted octanol–water partition coefficient (Wildman–Crippen LogP) is 4.91. The van der Waals surface area contributed by atoms with Gasteiger partial charge in [-0.25, -0.2) is 0 Å². The third-order valence-corrected chi connectivity index (χ3v) is 5.18. The molecule has 30 heavy (non-hydrogen) atoms. The highest BCUT2D eigenvalue weighted by molar-refractivity contribution is 6.42. The highest BCUT2D eigenvalue weighted by Gasteiger charge is 2.24. The molecule has 0 saturated carbocycles. The van der Waals surface area contributed by atoms with Crippen LogP contribution in [0, 0.1) is 12.3 Å². The van der Waals surface area contributed by atoms with Gasteiger partial charge in [0.05, 0.1) is 10.0 Å². The van der Waals surface area contributed by atoms with Crippen molar-refractivity contribution in [3.05, 3.63) is 105 Å². The van der Waals surface area contributed by atoms with E-state index < -0.39 is 17.9 Å². The molecular weight excluding hydrogens is 421 g/mol. The molecule has 0 aromatic heterocycles. The zero-order valence-electron chi connectivity index (χ0n) is 16.1. The van der Waals surface area contributed by atoms with Gasteiger partial charge in [-0.05, 0) is 30.7 Å². The predicted molar refractivity (Wildman–Crippen MR) is 119 cm³/mol. The van der Waals surface area contributed by atoms with E-state index in [1.54, 1.807) is 36.4 Å². The second-order valence-electron chi connectivity index (χ2n) is 6.68. The minimum atomic E-state index is -1.00. The van der Waals surface area contributed by atoms with Crippen LogP contribution in [0.15, 0.2) is 72.8 Å². The number of amides is 2. The van der Waals surface area contributed by atoms with Crippen molar-refractivity contribution in [2.45, 2.75) is 13.0 Å². The summed E-state index contributed by atoms with van der Waals surface area (Å²) in [7, 11) is 0. The molecule has 0 spiro atoms. The molecule has 0 bridgehead atoms. The van der Waals surface area contributed by atoms with E-state index in [2.05, 4.69) is 10.6 Å². The molecule has 0 aliphatic heterocycles. The zero-order chi connectivity index (χ0) is 21.7. The number of carbonyl (C=O) groups excluding carboxylic acids is 2. The topological polar surface area (TPSA) is 82.1 Å². The lowest BCUT2D eigenvalue weighted by Crippen LogP contribution is -2.42. The first-order valence-electron chi connectivity index (χ1n) is 9.12. The molecule has 1 unspecified atom stereocenters. The number of hydrogen-bond acceptors (Lipinski definition) is 3. The number of hydrogen-bond donors (Lipinski definition) is 3. The Morgan fingerprint density at radius 1 is 0.867 bits per heavy atom. The number of amidine groups is 1. The largest absolute Gasteiger partial charge is 0.336 e. The van der Waals surface area contributed by atoms with Gasteiger partial charge in [0.15, 0.2) is 0 Å². The van der Waals surface area contributed by atoms with Gasteiger partial charge < -0.3 is 10.6 Å². The number of carbonyl (C=O) groups is 2. The van der Waals surface area contributed by atoms with Crippen LogP contribution in [0.5, 0.6) is 0 Å². The number of halogens is 2. The van der Waals surface area contributed by atoms with Gasteiger partial charge in [0.2, 0.25) is 0 Å². The van der Waals surface area contributed by atoms with Gasteiger partial charge in [0.25, 0.3) is 11.8 Å². The van der Waals surface area contributed by atoms with Crippen LogP contribution in [-0.2, 0) is 4.79 Å². The molecule has 3 aromatic carbocycles. The second kappa shape index (κ2) is 9.57. The van der Waals surface area contributed by atoms with Crippen molar-refractivity contribution in [1.29, 1.82) is 5.41 Å². The van der Waals surface area contributed by atoms with Crippen molar-refractivity contribution >= 4 is 40.9 Å². The maximum absolute atomic E-state index is 13.0. The van der Waals surface area contributed by atoms with E-state index in [1.807, 2.05) is 25.1 Å². The van der Waals surface area contributed by atoms with E-state index in [1.165, 1.54) is 18.2 Å². The minimum absolute atomic E-state index is 0.0542. The van der Waals surface area contributed by atoms with Crippen LogP contribution < -0.4 is 10.6 Å². The zero-order valence-corrected chi connectivity index (χ0v) is 17.6. The molecule has 1 atom stereocenters. The molecule has 3 aromatic rings. The average Bonchev–Trinajstić information content (AvgIpc) is 2.75. The molecule has 0 aliphatic rings. The fourth-order valence-electron chi connectivity index (χ4n) is 2.78. The van der Waals surface area contributed by atoms with Gasteiger partial charge in [-0.15, -0.1) is 0 Å². The fraction of sp³-hybridized carbons (Fsp3) is 0.0870. The molecular formula is C23H19Cl2N3O2. The number of benzene rings is 3. The third kappa shape index (κ3) is 5.26. The van der Waals surface area contributed by atoms with E-state index in [0.717, 1.165) is 5.56 Å². The third-order valence-electron chi connectivity index (χ3n) is 4.44. The summed E-state index contributed by atoms with van der Waals surface area (Å²) in [5.41, 5.74) is 2.44. The molecule has 0 heterocycles. The molecule has 0 radical (unpaired) electrons. The van der Waals surface area contributed by atoms with Crippen molar-refractivity contribution in [1.82, 2.24) is 10.6 Å². The van der Waals surface area contributed by atoms with Crippen molar-refractivity contribution in [2.24, 2.45) is 0 Å². The van der Waals surface area contributed by atoms with E-state index in [-0.39, 0.29) is 16.4 Å². The van der Waals surface area contributed by atoms with Gasteiger partial charge in [0, 0.05) is 11.1 Å². The number of rotatable bonds is 5. The summed E-state index contributed by atoms with van der Waals surface area (Å²) < 4.78 is 0. The van der Waals surface area contributed by atoms with Crippen LogP contribution in [0.25, 0.3) is 0 Å². The van der Waals surface area contributed by atoms with Gasteiger partial charge in [-0.3, -0.25) is 15.0 Å². The fourth-order valence-corrected chi connectivity index (χ4v) is 3.08. The summed E-state index contributed by atoms with van der Waals surface area (Å²) in [5, 5.41) is 14.0. The maximum atomic E-state index is 13.0. The Bertz CT molecular complexity index is 1080. The molecule has 3 rings (SSSR count). The van der Waals surface area contributed by atoms with Gasteiger partial charge in [-0.1, -0.05) is 83.4 Å². The molecule has 0 aliphatic carbocycles. The van der Waals surface area contributed by atoms with Crippen LogP contribution in [0.3, 0.4) is 0 Å². The first-order valence-corrected chi connectivity index (χ1v) is 9.88. The summed E-state index contributed by atoms with van der Waals surface area (Å²) in [6.45, 7) is 1.93. The van der Waals surface area contributed by atoms with Gasteiger partial charge in [-0.2, -0.15) is 0 Å². The Morgan fingerprint density at radius 3 is 2.17 bits per heavy atom. The summed E-state index contributed by atoms with van der Waals surface area (Å²) in [4.78, 5) is 25.8. The van der Waals surface area contributed by atoms with E-state index >= 15 is 0 Å². The SMILES string of the molecule is Cc1ccc(C(NC(=O)c2ccc(Cl)c(Cl)c2)C(=O)NC(=N)c2ccccc2)cc1. The standard InChI is InChI=1S/C23H19Cl2N3O2/c1-14-7-9-15(10-8-14)20(23(30)28-21(26)16-5-3-2-4-6-16)27-22(29)17-11-12-18(24)19(25)13-17/h2-13,20H,1H3,(H,27,29)(H2,26,28,30). The summed E-state index contributed by atoms with van der Waals surface area (Å²) in [6, 6.07) is 19.5. The number of aryl methyl sites for hydroxylation is 1. The van der Waals surface area contributed by atoms with Crippen LogP contribution in [0.4, 0.5) is 0 Å².